The summed E-state index contributed by atoms with van der Waals surface area (Å²) in [7, 11) is 0. The molecule has 2 heteroatoms. The molecule has 0 aliphatic heterocycles. The van der Waals surface area contributed by atoms with Gasteiger partial charge in [0.1, 0.15) is 0 Å². The van der Waals surface area contributed by atoms with Gasteiger partial charge >= 0.3 is 0 Å². The molecule has 1 aromatic heterocycles. The maximum atomic E-state index is 4.35. The number of hydrogen-bond donors (Lipinski definition) is 0. The number of hydrogen-bond acceptors (Lipinski definition) is 1. The fourth-order valence-electron chi connectivity index (χ4n) is 1.59. The molecular formula is C10H18N2. The van der Waals surface area contributed by atoms with Gasteiger partial charge in [0.25, 0.3) is 0 Å². The third-order valence-corrected chi connectivity index (χ3v) is 2.06. The summed E-state index contributed by atoms with van der Waals surface area (Å²) in [4.78, 5) is 0. The fourth-order valence-corrected chi connectivity index (χ4v) is 1.59. The van der Waals surface area contributed by atoms with E-state index in [2.05, 4.69) is 44.4 Å². The van der Waals surface area contributed by atoms with Crippen molar-refractivity contribution in [2.45, 2.75) is 46.6 Å². The minimum atomic E-state index is 0.469. The van der Waals surface area contributed by atoms with Gasteiger partial charge in [-0.3, -0.25) is 4.68 Å². The standard InChI is InChI=1S/C10H18N2/c1-7(2)10-9(5)6-11-12(10)8(3)4/h6-8H,1-5H3. The van der Waals surface area contributed by atoms with Crippen LogP contribution in [0.5, 0.6) is 0 Å². The van der Waals surface area contributed by atoms with E-state index < -0.39 is 0 Å². The molecule has 0 N–H and O–H groups in total. The lowest BCUT2D eigenvalue weighted by molar-refractivity contribution is 0.497. The largest absolute Gasteiger partial charge is 0.267 e. The van der Waals surface area contributed by atoms with Crippen molar-refractivity contribution >= 4 is 0 Å². The second kappa shape index (κ2) is 3.30. The Hall–Kier alpha value is -0.790. The van der Waals surface area contributed by atoms with Crippen LogP contribution < -0.4 is 0 Å². The molecule has 0 bridgehead atoms. The van der Waals surface area contributed by atoms with E-state index in [0.29, 0.717) is 12.0 Å². The Balaban J connectivity index is 3.12. The maximum absolute atomic E-state index is 4.35. The molecular weight excluding hydrogens is 148 g/mol. The Bertz CT molecular complexity index is 259. The van der Waals surface area contributed by atoms with Crippen LogP contribution in [0.25, 0.3) is 0 Å². The normalized spacial score (nSPS) is 11.6. The summed E-state index contributed by atoms with van der Waals surface area (Å²) in [6, 6.07) is 0.469. The van der Waals surface area contributed by atoms with E-state index in [1.54, 1.807) is 0 Å². The van der Waals surface area contributed by atoms with Crippen LogP contribution >= 0.6 is 0 Å². The monoisotopic (exact) mass is 166 g/mol. The Morgan fingerprint density at radius 3 is 2.17 bits per heavy atom. The predicted molar refractivity (Wildman–Crippen MR) is 51.4 cm³/mol. The summed E-state index contributed by atoms with van der Waals surface area (Å²) in [5.74, 6) is 0.565. The van der Waals surface area contributed by atoms with E-state index in [0.717, 1.165) is 0 Å². The van der Waals surface area contributed by atoms with Crippen LogP contribution in [0.3, 0.4) is 0 Å². The zero-order valence-electron chi connectivity index (χ0n) is 8.63. The van der Waals surface area contributed by atoms with Crippen LogP contribution in [0.2, 0.25) is 0 Å². The first-order valence-corrected chi connectivity index (χ1v) is 4.58. The number of rotatable bonds is 2. The molecule has 0 aliphatic rings. The Morgan fingerprint density at radius 1 is 1.25 bits per heavy atom. The first kappa shape index (κ1) is 9.30. The van der Waals surface area contributed by atoms with Gasteiger partial charge in [0.2, 0.25) is 0 Å². The van der Waals surface area contributed by atoms with Crippen molar-refractivity contribution in [3.05, 3.63) is 17.5 Å². The lowest BCUT2D eigenvalue weighted by Crippen LogP contribution is -2.09. The smallest absolute Gasteiger partial charge is 0.0522 e. The molecule has 0 aliphatic carbocycles. The fraction of sp³-hybridized carbons (Fsp3) is 0.700. The highest BCUT2D eigenvalue weighted by molar-refractivity contribution is 5.19. The van der Waals surface area contributed by atoms with E-state index in [9.17, 15) is 0 Å². The lowest BCUT2D eigenvalue weighted by Gasteiger charge is -2.14. The molecule has 1 aromatic rings. The summed E-state index contributed by atoms with van der Waals surface area (Å²) in [5.41, 5.74) is 2.67. The summed E-state index contributed by atoms with van der Waals surface area (Å²) < 4.78 is 2.11. The van der Waals surface area contributed by atoms with Gasteiger partial charge in [-0.1, -0.05) is 13.8 Å². The second-order valence-corrected chi connectivity index (χ2v) is 3.91. The summed E-state index contributed by atoms with van der Waals surface area (Å²) in [6.45, 7) is 10.9. The molecule has 1 heterocycles. The van der Waals surface area contributed by atoms with Crippen molar-refractivity contribution in [2.75, 3.05) is 0 Å². The number of nitrogens with zero attached hydrogens (tertiary/aromatic N) is 2. The summed E-state index contributed by atoms with van der Waals surface area (Å²) in [6.07, 6.45) is 1.95. The van der Waals surface area contributed by atoms with E-state index in [1.807, 2.05) is 6.20 Å². The van der Waals surface area contributed by atoms with Crippen LogP contribution in [0.4, 0.5) is 0 Å². The molecule has 68 valence electrons. The zero-order valence-corrected chi connectivity index (χ0v) is 8.63. The van der Waals surface area contributed by atoms with E-state index in [1.165, 1.54) is 11.3 Å². The Morgan fingerprint density at radius 2 is 1.83 bits per heavy atom. The third-order valence-electron chi connectivity index (χ3n) is 2.06. The van der Waals surface area contributed by atoms with E-state index in [-0.39, 0.29) is 0 Å². The molecule has 2 nitrogen and oxygen atoms in total. The molecule has 0 radical (unpaired) electrons. The lowest BCUT2D eigenvalue weighted by atomic mass is 10.1. The van der Waals surface area contributed by atoms with Crippen LogP contribution in [0.15, 0.2) is 6.20 Å². The molecule has 0 saturated heterocycles. The highest BCUT2D eigenvalue weighted by Crippen LogP contribution is 2.21. The minimum Gasteiger partial charge on any atom is -0.267 e. The molecule has 12 heavy (non-hydrogen) atoms. The molecule has 0 unspecified atom stereocenters. The molecule has 0 fully saturated rings. The molecule has 0 amide bonds. The summed E-state index contributed by atoms with van der Waals surface area (Å²) in [5, 5.41) is 4.35. The van der Waals surface area contributed by atoms with Gasteiger partial charge in [-0.25, -0.2) is 0 Å². The molecule has 0 spiro atoms. The zero-order chi connectivity index (χ0) is 9.30. The SMILES string of the molecule is Cc1cnn(C(C)C)c1C(C)C. The second-order valence-electron chi connectivity index (χ2n) is 3.91. The van der Waals surface area contributed by atoms with Gasteiger partial charge in [0.15, 0.2) is 0 Å². The molecule has 0 saturated carbocycles. The predicted octanol–water partition coefficient (Wildman–Crippen LogP) is 2.90. The first-order valence-electron chi connectivity index (χ1n) is 4.58. The van der Waals surface area contributed by atoms with Gasteiger partial charge in [0, 0.05) is 11.7 Å². The van der Waals surface area contributed by atoms with Crippen LogP contribution in [0, 0.1) is 6.92 Å². The average Bonchev–Trinajstić information content (AvgIpc) is 2.30. The quantitative estimate of drug-likeness (QED) is 0.660. The van der Waals surface area contributed by atoms with E-state index in [4.69, 9.17) is 0 Å². The van der Waals surface area contributed by atoms with Crippen molar-refractivity contribution in [2.24, 2.45) is 0 Å². The van der Waals surface area contributed by atoms with Crippen LogP contribution in [-0.2, 0) is 0 Å². The van der Waals surface area contributed by atoms with Gasteiger partial charge in [-0.2, -0.15) is 5.10 Å². The van der Waals surface area contributed by atoms with Crippen molar-refractivity contribution in [3.63, 3.8) is 0 Å². The molecule has 0 atom stereocenters. The maximum Gasteiger partial charge on any atom is 0.0522 e. The Kier molecular flexibility index (Phi) is 2.55. The van der Waals surface area contributed by atoms with Gasteiger partial charge in [0.05, 0.1) is 6.20 Å². The Labute approximate surface area is 74.6 Å². The minimum absolute atomic E-state index is 0.469. The van der Waals surface area contributed by atoms with Crippen molar-refractivity contribution in [1.82, 2.24) is 9.78 Å². The highest BCUT2D eigenvalue weighted by atomic mass is 15.3. The topological polar surface area (TPSA) is 17.8 Å². The highest BCUT2D eigenvalue weighted by Gasteiger charge is 2.12. The van der Waals surface area contributed by atoms with Crippen molar-refractivity contribution < 1.29 is 0 Å². The van der Waals surface area contributed by atoms with Gasteiger partial charge in [-0.05, 0) is 32.3 Å². The third kappa shape index (κ3) is 1.52. The average molecular weight is 166 g/mol. The van der Waals surface area contributed by atoms with E-state index >= 15 is 0 Å². The van der Waals surface area contributed by atoms with Crippen molar-refractivity contribution in [3.8, 4) is 0 Å². The molecule has 1 rings (SSSR count). The number of aryl methyl sites for hydroxylation is 1. The first-order chi connectivity index (χ1) is 5.54. The van der Waals surface area contributed by atoms with Gasteiger partial charge in [-0.15, -0.1) is 0 Å². The van der Waals surface area contributed by atoms with Crippen LogP contribution in [0.1, 0.15) is 50.9 Å². The number of aromatic nitrogens is 2. The van der Waals surface area contributed by atoms with Gasteiger partial charge < -0.3 is 0 Å². The molecule has 0 aromatic carbocycles. The summed E-state index contributed by atoms with van der Waals surface area (Å²) >= 11 is 0. The van der Waals surface area contributed by atoms with Crippen molar-refractivity contribution in [1.29, 1.82) is 0 Å². The van der Waals surface area contributed by atoms with Crippen LogP contribution in [-0.4, -0.2) is 9.78 Å².